The fraction of sp³-hybridized carbons (Fsp3) is 0.333. The SMILES string of the molecule is CCCCNC(=O)[C@@H](Cc1ccccc1)N(Cc1ccc(Cl)cc1Cl)C(=O)CN(c1cc([N+](=O)[O-])ccc1OC)S(C)(=O)=O. The van der Waals surface area contributed by atoms with Gasteiger partial charge in [-0.25, -0.2) is 8.42 Å². The topological polar surface area (TPSA) is 139 Å². The molecule has 0 aliphatic rings. The molecule has 0 saturated carbocycles. The van der Waals surface area contributed by atoms with Crippen LogP contribution in [0.25, 0.3) is 0 Å². The molecule has 3 rings (SSSR count). The fourth-order valence-corrected chi connectivity index (χ4v) is 5.79. The van der Waals surface area contributed by atoms with Crippen LogP contribution in [-0.2, 0) is 32.6 Å². The number of benzene rings is 3. The van der Waals surface area contributed by atoms with Crippen molar-refractivity contribution in [2.75, 3.05) is 30.8 Å². The lowest BCUT2D eigenvalue weighted by Gasteiger charge is -2.34. The van der Waals surface area contributed by atoms with Crippen molar-refractivity contribution >= 4 is 56.4 Å². The number of sulfonamides is 1. The first-order chi connectivity index (χ1) is 20.8. The van der Waals surface area contributed by atoms with E-state index in [2.05, 4.69) is 5.32 Å². The molecule has 0 bridgehead atoms. The van der Waals surface area contributed by atoms with E-state index < -0.39 is 45.0 Å². The van der Waals surface area contributed by atoms with Crippen LogP contribution in [0.4, 0.5) is 11.4 Å². The number of anilines is 1. The first-order valence-corrected chi connectivity index (χ1v) is 16.3. The number of nitrogens with one attached hydrogen (secondary N) is 1. The van der Waals surface area contributed by atoms with Crippen molar-refractivity contribution in [3.63, 3.8) is 0 Å². The molecule has 236 valence electrons. The number of halogens is 2. The Morgan fingerprint density at radius 2 is 1.77 bits per heavy atom. The normalized spacial score (nSPS) is 11.8. The number of carbonyl (C=O) groups is 2. The number of non-ortho nitro benzene ring substituents is 1. The predicted molar refractivity (Wildman–Crippen MR) is 171 cm³/mol. The van der Waals surface area contributed by atoms with Crippen LogP contribution in [0.15, 0.2) is 66.7 Å². The number of hydrogen-bond donors (Lipinski definition) is 1. The molecule has 0 saturated heterocycles. The molecule has 0 fully saturated rings. The summed E-state index contributed by atoms with van der Waals surface area (Å²) in [6, 6.07) is 16.2. The Morgan fingerprint density at radius 3 is 2.36 bits per heavy atom. The zero-order chi connectivity index (χ0) is 32.4. The maximum Gasteiger partial charge on any atom is 0.271 e. The van der Waals surface area contributed by atoms with Crippen molar-refractivity contribution in [2.24, 2.45) is 0 Å². The Balaban J connectivity index is 2.13. The Kier molecular flexibility index (Phi) is 12.4. The second-order valence-electron chi connectivity index (χ2n) is 9.99. The van der Waals surface area contributed by atoms with Crippen LogP contribution in [0.2, 0.25) is 10.0 Å². The lowest BCUT2D eigenvalue weighted by molar-refractivity contribution is -0.384. The molecule has 1 atom stereocenters. The summed E-state index contributed by atoms with van der Waals surface area (Å²) in [5.74, 6) is -1.18. The van der Waals surface area contributed by atoms with E-state index in [1.807, 2.05) is 37.3 Å². The zero-order valence-electron chi connectivity index (χ0n) is 24.5. The highest BCUT2D eigenvalue weighted by atomic mass is 35.5. The number of hydrogen-bond acceptors (Lipinski definition) is 7. The molecule has 1 N–H and O–H groups in total. The van der Waals surface area contributed by atoms with E-state index in [0.29, 0.717) is 17.1 Å². The van der Waals surface area contributed by atoms with E-state index in [0.717, 1.165) is 41.1 Å². The number of methoxy groups -OCH3 is 1. The quantitative estimate of drug-likeness (QED) is 0.133. The van der Waals surface area contributed by atoms with Gasteiger partial charge in [0.1, 0.15) is 24.0 Å². The van der Waals surface area contributed by atoms with Crippen LogP contribution in [0.3, 0.4) is 0 Å². The third-order valence-corrected chi connectivity index (χ3v) is 8.49. The molecule has 14 heteroatoms. The Morgan fingerprint density at radius 1 is 1.07 bits per heavy atom. The Labute approximate surface area is 266 Å². The zero-order valence-corrected chi connectivity index (χ0v) is 26.9. The van der Waals surface area contributed by atoms with Crippen molar-refractivity contribution in [1.29, 1.82) is 0 Å². The van der Waals surface area contributed by atoms with Crippen molar-refractivity contribution in [1.82, 2.24) is 10.2 Å². The molecular weight excluding hydrogens is 631 g/mol. The van der Waals surface area contributed by atoms with E-state index in [1.54, 1.807) is 12.1 Å². The van der Waals surface area contributed by atoms with Crippen LogP contribution in [0.5, 0.6) is 5.75 Å². The van der Waals surface area contributed by atoms with Crippen molar-refractivity contribution in [2.45, 2.75) is 38.8 Å². The van der Waals surface area contributed by atoms with Gasteiger partial charge < -0.3 is 15.0 Å². The van der Waals surface area contributed by atoms with E-state index in [1.165, 1.54) is 24.1 Å². The summed E-state index contributed by atoms with van der Waals surface area (Å²) in [6.45, 7) is 1.42. The third kappa shape index (κ3) is 9.31. The molecule has 0 spiro atoms. The van der Waals surface area contributed by atoms with Gasteiger partial charge in [-0.05, 0) is 35.7 Å². The van der Waals surface area contributed by atoms with Gasteiger partial charge in [0.2, 0.25) is 21.8 Å². The van der Waals surface area contributed by atoms with Crippen LogP contribution in [-0.4, -0.2) is 62.6 Å². The maximum absolute atomic E-state index is 14.2. The average Bonchev–Trinajstić information content (AvgIpc) is 2.98. The van der Waals surface area contributed by atoms with Gasteiger partial charge >= 0.3 is 0 Å². The monoisotopic (exact) mass is 664 g/mol. The summed E-state index contributed by atoms with van der Waals surface area (Å²) in [7, 11) is -2.92. The molecule has 0 aliphatic carbocycles. The smallest absolute Gasteiger partial charge is 0.271 e. The Bertz CT molecular complexity index is 1590. The summed E-state index contributed by atoms with van der Waals surface area (Å²) in [5.41, 5.74) is 0.643. The fourth-order valence-electron chi connectivity index (χ4n) is 4.48. The van der Waals surface area contributed by atoms with Gasteiger partial charge in [0, 0.05) is 41.7 Å². The summed E-state index contributed by atoms with van der Waals surface area (Å²) in [5, 5.41) is 15.0. The van der Waals surface area contributed by atoms with Gasteiger partial charge in [-0.2, -0.15) is 0 Å². The number of nitro groups is 1. The number of nitrogens with zero attached hydrogens (tertiary/aromatic N) is 3. The number of carbonyl (C=O) groups excluding carboxylic acids is 2. The van der Waals surface area contributed by atoms with Gasteiger partial charge in [0.05, 0.1) is 18.3 Å². The molecule has 0 unspecified atom stereocenters. The van der Waals surface area contributed by atoms with E-state index >= 15 is 0 Å². The highest BCUT2D eigenvalue weighted by molar-refractivity contribution is 7.92. The largest absolute Gasteiger partial charge is 0.495 e. The average molecular weight is 666 g/mol. The lowest BCUT2D eigenvalue weighted by Crippen LogP contribution is -2.53. The molecule has 0 heterocycles. The second kappa shape index (κ2) is 15.7. The third-order valence-electron chi connectivity index (χ3n) is 6.78. The van der Waals surface area contributed by atoms with Crippen LogP contribution in [0.1, 0.15) is 30.9 Å². The van der Waals surface area contributed by atoms with E-state index in [4.69, 9.17) is 27.9 Å². The minimum Gasteiger partial charge on any atom is -0.495 e. The van der Waals surface area contributed by atoms with Crippen molar-refractivity contribution in [3.8, 4) is 5.75 Å². The van der Waals surface area contributed by atoms with E-state index in [-0.39, 0.29) is 29.4 Å². The van der Waals surface area contributed by atoms with Gasteiger partial charge in [-0.1, -0.05) is 72.9 Å². The van der Waals surface area contributed by atoms with E-state index in [9.17, 15) is 28.1 Å². The molecule has 0 aliphatic heterocycles. The molecule has 3 aromatic carbocycles. The molecular formula is C30H34Cl2N4O7S. The summed E-state index contributed by atoms with van der Waals surface area (Å²) in [4.78, 5) is 40.0. The number of nitro benzene ring substituents is 1. The first kappa shape index (κ1) is 34.6. The molecule has 11 nitrogen and oxygen atoms in total. The van der Waals surface area contributed by atoms with Crippen molar-refractivity contribution < 1.29 is 27.7 Å². The van der Waals surface area contributed by atoms with Gasteiger partial charge in [0.15, 0.2) is 0 Å². The predicted octanol–water partition coefficient (Wildman–Crippen LogP) is 5.23. The molecule has 3 aromatic rings. The summed E-state index contributed by atoms with van der Waals surface area (Å²) >= 11 is 12.6. The number of rotatable bonds is 15. The maximum atomic E-state index is 14.2. The van der Waals surface area contributed by atoms with Gasteiger partial charge in [0.25, 0.3) is 5.69 Å². The molecule has 2 amide bonds. The number of ether oxygens (including phenoxy) is 1. The van der Waals surface area contributed by atoms with Gasteiger partial charge in [-0.3, -0.25) is 24.0 Å². The Hall–Kier alpha value is -3.87. The number of unbranched alkanes of at least 4 members (excludes halogenated alkanes) is 1. The highest BCUT2D eigenvalue weighted by Gasteiger charge is 2.34. The summed E-state index contributed by atoms with van der Waals surface area (Å²) < 4.78 is 32.2. The number of amides is 2. The molecule has 0 radical (unpaired) electrons. The standard InChI is InChI=1S/C30H34Cl2N4O7S/c1-4-5-15-33-30(38)27(16-21-9-7-6-8-10-21)34(19-22-11-12-23(31)17-25(22)32)29(37)20-35(44(3,41)42)26-18-24(36(39)40)13-14-28(26)43-2/h6-14,17-18,27H,4-5,15-16,19-20H2,1-3H3,(H,33,38)/t27-/m1/s1. The minimum absolute atomic E-state index is 0.000681. The van der Waals surface area contributed by atoms with Gasteiger partial charge in [-0.15, -0.1) is 0 Å². The minimum atomic E-state index is -4.19. The first-order valence-electron chi connectivity index (χ1n) is 13.7. The van der Waals surface area contributed by atoms with Crippen LogP contribution < -0.4 is 14.4 Å². The van der Waals surface area contributed by atoms with Crippen molar-refractivity contribution in [3.05, 3.63) is 98.0 Å². The van der Waals surface area contributed by atoms with Crippen LogP contribution >= 0.6 is 23.2 Å². The second-order valence-corrected chi connectivity index (χ2v) is 12.7. The highest BCUT2D eigenvalue weighted by Crippen LogP contribution is 2.34. The molecule has 0 aromatic heterocycles. The lowest BCUT2D eigenvalue weighted by atomic mass is 10.0. The van der Waals surface area contributed by atoms with Crippen LogP contribution in [0, 0.1) is 10.1 Å². The molecule has 44 heavy (non-hydrogen) atoms. The summed E-state index contributed by atoms with van der Waals surface area (Å²) in [6.07, 6.45) is 2.54.